The van der Waals surface area contributed by atoms with Gasteiger partial charge in [-0.1, -0.05) is 42.0 Å². The fourth-order valence-electron chi connectivity index (χ4n) is 4.87. The molecule has 2 aliphatic rings. The van der Waals surface area contributed by atoms with Crippen molar-refractivity contribution in [1.82, 2.24) is 9.88 Å². The highest BCUT2D eigenvalue weighted by molar-refractivity contribution is 5.72. The van der Waals surface area contributed by atoms with Gasteiger partial charge < -0.3 is 10.6 Å². The lowest BCUT2D eigenvalue weighted by Crippen LogP contribution is -2.48. The lowest BCUT2D eigenvalue weighted by Gasteiger charge is -2.43. The number of benzene rings is 2. The van der Waals surface area contributed by atoms with E-state index in [-0.39, 0.29) is 5.82 Å². The van der Waals surface area contributed by atoms with Crippen LogP contribution < -0.4 is 10.6 Å². The Morgan fingerprint density at radius 2 is 1.74 bits per heavy atom. The van der Waals surface area contributed by atoms with Crippen LogP contribution in [0.4, 0.5) is 15.9 Å². The van der Waals surface area contributed by atoms with E-state index in [1.54, 1.807) is 6.07 Å². The maximum absolute atomic E-state index is 14.0. The molecule has 1 fully saturated rings. The predicted molar refractivity (Wildman–Crippen MR) is 124 cm³/mol. The van der Waals surface area contributed by atoms with E-state index in [2.05, 4.69) is 70.2 Å². The number of aromatic nitrogens is 1. The Morgan fingerprint density at radius 3 is 2.52 bits per heavy atom. The van der Waals surface area contributed by atoms with Gasteiger partial charge in [0.1, 0.15) is 11.6 Å². The van der Waals surface area contributed by atoms with Crippen LogP contribution >= 0.6 is 0 Å². The molecule has 2 heterocycles. The van der Waals surface area contributed by atoms with Gasteiger partial charge in [-0.15, -0.1) is 0 Å². The molecule has 0 saturated heterocycles. The fraction of sp³-hybridized carbons (Fsp3) is 0.346. The van der Waals surface area contributed by atoms with Gasteiger partial charge in [0.05, 0.1) is 12.9 Å². The Bertz CT molecular complexity index is 1060. The molecular weight excluding hydrogens is 387 g/mol. The molecule has 0 amide bonds. The summed E-state index contributed by atoms with van der Waals surface area (Å²) in [4.78, 5) is 9.18. The highest BCUT2D eigenvalue weighted by Crippen LogP contribution is 2.36. The smallest absolute Gasteiger partial charge is 0.141 e. The van der Waals surface area contributed by atoms with E-state index in [1.165, 1.54) is 22.9 Å². The number of fused-ring (bicyclic) bond motifs is 1. The van der Waals surface area contributed by atoms with Gasteiger partial charge in [-0.05, 0) is 61.9 Å². The second-order valence-electron chi connectivity index (χ2n) is 8.94. The van der Waals surface area contributed by atoms with Crippen molar-refractivity contribution >= 4 is 11.5 Å². The van der Waals surface area contributed by atoms with Crippen LogP contribution in [-0.4, -0.2) is 28.6 Å². The Balaban J connectivity index is 1.50. The highest BCUT2D eigenvalue weighted by Gasteiger charge is 2.31. The van der Waals surface area contributed by atoms with Crippen LogP contribution in [0.5, 0.6) is 0 Å². The third-order valence-corrected chi connectivity index (χ3v) is 6.66. The molecule has 2 aromatic carbocycles. The molecule has 31 heavy (non-hydrogen) atoms. The molecule has 0 spiro atoms. The van der Waals surface area contributed by atoms with Crippen LogP contribution in [-0.2, 0) is 6.54 Å². The van der Waals surface area contributed by atoms with Crippen LogP contribution in [0.3, 0.4) is 0 Å². The van der Waals surface area contributed by atoms with Gasteiger partial charge in [-0.2, -0.15) is 0 Å². The second kappa shape index (κ2) is 8.40. The van der Waals surface area contributed by atoms with Crippen molar-refractivity contribution in [3.8, 4) is 11.1 Å². The summed E-state index contributed by atoms with van der Waals surface area (Å²) in [7, 11) is 0. The number of rotatable bonds is 3. The molecule has 1 aliphatic heterocycles. The zero-order valence-electron chi connectivity index (χ0n) is 18.0. The van der Waals surface area contributed by atoms with Crippen LogP contribution in [0.1, 0.15) is 36.8 Å². The third kappa shape index (κ3) is 4.21. The largest absolute Gasteiger partial charge is 0.328 e. The molecule has 1 aromatic heterocycles. The molecule has 1 saturated carbocycles. The minimum absolute atomic E-state index is 0.278. The highest BCUT2D eigenvalue weighted by atomic mass is 19.1. The van der Waals surface area contributed by atoms with Crippen molar-refractivity contribution in [3.05, 3.63) is 77.7 Å². The minimum atomic E-state index is -0.278. The van der Waals surface area contributed by atoms with E-state index in [0.717, 1.165) is 56.0 Å². The SMILES string of the molecule is Cc1ccc(-c2cccc(N3CN(C4CCC(N)CC4)Cc4cc(F)cnc43)c2)cc1. The number of halogens is 1. The average Bonchev–Trinajstić information content (AvgIpc) is 2.79. The van der Waals surface area contributed by atoms with E-state index in [9.17, 15) is 4.39 Å². The third-order valence-electron chi connectivity index (χ3n) is 6.66. The first-order valence-electron chi connectivity index (χ1n) is 11.2. The Labute approximate surface area is 183 Å². The minimum Gasteiger partial charge on any atom is -0.328 e. The summed E-state index contributed by atoms with van der Waals surface area (Å²) >= 11 is 0. The second-order valence-corrected chi connectivity index (χ2v) is 8.94. The van der Waals surface area contributed by atoms with Gasteiger partial charge in [-0.3, -0.25) is 4.90 Å². The maximum atomic E-state index is 14.0. The van der Waals surface area contributed by atoms with Crippen molar-refractivity contribution in [2.45, 2.75) is 51.2 Å². The average molecular weight is 417 g/mol. The van der Waals surface area contributed by atoms with E-state index < -0.39 is 0 Å². The number of nitrogens with zero attached hydrogens (tertiary/aromatic N) is 3. The predicted octanol–water partition coefficient (Wildman–Crippen LogP) is 5.38. The summed E-state index contributed by atoms with van der Waals surface area (Å²) in [5, 5.41) is 0. The zero-order chi connectivity index (χ0) is 21.4. The van der Waals surface area contributed by atoms with Crippen molar-refractivity contribution < 1.29 is 4.39 Å². The fourth-order valence-corrected chi connectivity index (χ4v) is 4.87. The van der Waals surface area contributed by atoms with Crippen molar-refractivity contribution in [2.75, 3.05) is 11.6 Å². The topological polar surface area (TPSA) is 45.4 Å². The van der Waals surface area contributed by atoms with Gasteiger partial charge in [-0.25, -0.2) is 9.37 Å². The lowest BCUT2D eigenvalue weighted by atomic mass is 9.90. The molecule has 5 heteroatoms. The first kappa shape index (κ1) is 20.2. The Kier molecular flexibility index (Phi) is 5.47. The number of anilines is 2. The molecule has 0 bridgehead atoms. The number of aryl methyl sites for hydroxylation is 1. The van der Waals surface area contributed by atoms with Gasteiger partial charge in [0.2, 0.25) is 0 Å². The van der Waals surface area contributed by atoms with E-state index in [1.807, 2.05) is 0 Å². The van der Waals surface area contributed by atoms with Crippen molar-refractivity contribution in [3.63, 3.8) is 0 Å². The summed E-state index contributed by atoms with van der Waals surface area (Å²) < 4.78 is 14.0. The van der Waals surface area contributed by atoms with Gasteiger partial charge in [0.15, 0.2) is 0 Å². The molecule has 5 rings (SSSR count). The summed E-state index contributed by atoms with van der Waals surface area (Å²) in [6.07, 6.45) is 5.62. The number of hydrogen-bond donors (Lipinski definition) is 1. The van der Waals surface area contributed by atoms with Crippen LogP contribution in [0.15, 0.2) is 60.8 Å². The molecule has 4 nitrogen and oxygen atoms in total. The van der Waals surface area contributed by atoms with Crippen molar-refractivity contribution in [1.29, 1.82) is 0 Å². The molecule has 0 atom stereocenters. The summed E-state index contributed by atoms with van der Waals surface area (Å²) in [6.45, 7) is 3.58. The quantitative estimate of drug-likeness (QED) is 0.623. The summed E-state index contributed by atoms with van der Waals surface area (Å²) in [5.74, 6) is 0.575. The lowest BCUT2D eigenvalue weighted by molar-refractivity contribution is 0.138. The molecule has 0 radical (unpaired) electrons. The van der Waals surface area contributed by atoms with Crippen LogP contribution in [0, 0.1) is 12.7 Å². The van der Waals surface area contributed by atoms with E-state index in [4.69, 9.17) is 5.73 Å². The van der Waals surface area contributed by atoms with Crippen LogP contribution in [0.25, 0.3) is 11.1 Å². The number of pyridine rings is 1. The molecule has 0 unspecified atom stereocenters. The molecule has 1 aliphatic carbocycles. The first-order chi connectivity index (χ1) is 15.1. The van der Waals surface area contributed by atoms with E-state index in [0.29, 0.717) is 12.1 Å². The Morgan fingerprint density at radius 1 is 0.968 bits per heavy atom. The Hall–Kier alpha value is -2.76. The van der Waals surface area contributed by atoms with Gasteiger partial charge in [0, 0.05) is 29.9 Å². The molecular formula is C26H29FN4. The maximum Gasteiger partial charge on any atom is 0.141 e. The van der Waals surface area contributed by atoms with Crippen LogP contribution in [0.2, 0.25) is 0 Å². The normalized spacial score (nSPS) is 21.7. The molecule has 160 valence electrons. The first-order valence-corrected chi connectivity index (χ1v) is 11.2. The number of nitrogens with two attached hydrogens (primary N) is 1. The van der Waals surface area contributed by atoms with Gasteiger partial charge in [0.25, 0.3) is 0 Å². The monoisotopic (exact) mass is 416 g/mol. The van der Waals surface area contributed by atoms with E-state index >= 15 is 0 Å². The summed E-state index contributed by atoms with van der Waals surface area (Å²) in [6, 6.07) is 19.6. The molecule has 2 N–H and O–H groups in total. The van der Waals surface area contributed by atoms with Gasteiger partial charge >= 0.3 is 0 Å². The number of hydrogen-bond acceptors (Lipinski definition) is 4. The summed E-state index contributed by atoms with van der Waals surface area (Å²) in [5.41, 5.74) is 11.8. The zero-order valence-corrected chi connectivity index (χ0v) is 18.0. The standard InChI is InChI=1S/C26H29FN4/c1-18-5-7-19(8-6-18)20-3-2-4-25(14-20)31-17-30(24-11-9-23(28)10-12-24)16-21-13-22(27)15-29-26(21)31/h2-8,13-15,23-24H,9-12,16-17,28H2,1H3. The molecule has 3 aromatic rings. The van der Waals surface area contributed by atoms with Crippen molar-refractivity contribution in [2.24, 2.45) is 5.73 Å².